The lowest BCUT2D eigenvalue weighted by atomic mass is 10.0. The number of hydrogen-bond donors (Lipinski definition) is 0. The lowest BCUT2D eigenvalue weighted by molar-refractivity contribution is -0.129. The zero-order valence-corrected chi connectivity index (χ0v) is 17.2. The fraction of sp³-hybridized carbons (Fsp3) is 0.350. The van der Waals surface area contributed by atoms with Gasteiger partial charge in [-0.25, -0.2) is 0 Å². The van der Waals surface area contributed by atoms with Crippen LogP contribution < -0.4 is 4.74 Å². The van der Waals surface area contributed by atoms with E-state index in [1.807, 2.05) is 29.4 Å². The lowest BCUT2D eigenvalue weighted by Crippen LogP contribution is -2.32. The number of ether oxygens (including phenoxy) is 1. The van der Waals surface area contributed by atoms with Gasteiger partial charge in [-0.1, -0.05) is 17.7 Å². The highest BCUT2D eigenvalue weighted by Gasteiger charge is 2.27. The summed E-state index contributed by atoms with van der Waals surface area (Å²) in [5.41, 5.74) is 1.99. The Morgan fingerprint density at radius 3 is 2.67 bits per heavy atom. The summed E-state index contributed by atoms with van der Waals surface area (Å²) < 4.78 is 20.7. The molecule has 2 atom stereocenters. The fourth-order valence-corrected chi connectivity index (χ4v) is 4.28. The molecule has 1 aliphatic rings. The Hall–Kier alpha value is -1.73. The van der Waals surface area contributed by atoms with Crippen molar-refractivity contribution in [3.63, 3.8) is 0 Å². The van der Waals surface area contributed by atoms with Gasteiger partial charge in [0.25, 0.3) is 0 Å². The van der Waals surface area contributed by atoms with Gasteiger partial charge >= 0.3 is 0 Å². The van der Waals surface area contributed by atoms with Crippen LogP contribution in [0, 0.1) is 0 Å². The Morgan fingerprint density at radius 2 is 2.00 bits per heavy atom. The van der Waals surface area contributed by atoms with E-state index in [0.29, 0.717) is 29.6 Å². The summed E-state index contributed by atoms with van der Waals surface area (Å²) in [7, 11) is 1.79. The van der Waals surface area contributed by atoms with Gasteiger partial charge in [0.1, 0.15) is 12.4 Å². The molecule has 0 spiro atoms. The molecule has 0 bridgehead atoms. The Labute approximate surface area is 168 Å². The van der Waals surface area contributed by atoms with Crippen molar-refractivity contribution in [1.82, 2.24) is 9.21 Å². The maximum absolute atomic E-state index is 13.0. The van der Waals surface area contributed by atoms with Gasteiger partial charge in [0, 0.05) is 24.6 Å². The molecule has 2 aromatic rings. The zero-order chi connectivity index (χ0) is 19.6. The molecule has 0 saturated heterocycles. The predicted octanol–water partition coefficient (Wildman–Crippen LogP) is 3.80. The molecular formula is C20H23ClN2O3S. The summed E-state index contributed by atoms with van der Waals surface area (Å²) in [4.78, 5) is 14.1. The van der Waals surface area contributed by atoms with Crippen LogP contribution in [0.25, 0.3) is 0 Å². The largest absolute Gasteiger partial charge is 0.593 e. The third-order valence-electron chi connectivity index (χ3n) is 4.84. The normalized spacial score (nSPS) is 16.6. The molecule has 0 aromatic heterocycles. The van der Waals surface area contributed by atoms with E-state index < -0.39 is 11.4 Å². The molecule has 2 aromatic carbocycles. The number of rotatable bonds is 4. The number of hydrogen-bond acceptors (Lipinski definition) is 4. The standard InChI is InChI=1S/C20H23ClN2O3S/c1-14(22(3)15(2)24)16-4-9-20-17(12-16)13-23(10-11-26-20)27(25)19-7-5-18(21)6-8-19/h4-9,12,14H,10-11,13H2,1-3H3/t14-,27?/m1/s1. The van der Waals surface area contributed by atoms with E-state index in [9.17, 15) is 9.35 Å². The van der Waals surface area contributed by atoms with Crippen molar-refractivity contribution >= 4 is 28.9 Å². The molecule has 3 rings (SSSR count). The number of carbonyl (C=O) groups excluding carboxylic acids is 1. The Balaban J connectivity index is 1.84. The molecule has 0 aliphatic carbocycles. The third kappa shape index (κ3) is 4.58. The van der Waals surface area contributed by atoms with Crippen molar-refractivity contribution in [2.45, 2.75) is 31.3 Å². The van der Waals surface area contributed by atoms with Crippen LogP contribution >= 0.6 is 11.6 Å². The number of benzene rings is 2. The molecule has 0 fully saturated rings. The van der Waals surface area contributed by atoms with Crippen LogP contribution in [-0.4, -0.2) is 39.9 Å². The van der Waals surface area contributed by atoms with Gasteiger partial charge in [0.2, 0.25) is 5.91 Å². The molecule has 144 valence electrons. The number of fused-ring (bicyclic) bond motifs is 1. The van der Waals surface area contributed by atoms with Gasteiger partial charge in [-0.15, -0.1) is 4.31 Å². The van der Waals surface area contributed by atoms with Crippen molar-refractivity contribution in [3.8, 4) is 5.75 Å². The number of halogens is 1. The Bertz CT molecular complexity index is 815. The minimum Gasteiger partial charge on any atom is -0.593 e. The second kappa shape index (κ2) is 8.52. The van der Waals surface area contributed by atoms with Gasteiger partial charge in [-0.05, 0) is 48.9 Å². The number of amides is 1. The Kier molecular flexibility index (Phi) is 6.32. The lowest BCUT2D eigenvalue weighted by Gasteiger charge is -2.25. The van der Waals surface area contributed by atoms with E-state index in [2.05, 4.69) is 0 Å². The van der Waals surface area contributed by atoms with Crippen LogP contribution in [0.2, 0.25) is 5.02 Å². The van der Waals surface area contributed by atoms with Crippen LogP contribution in [0.4, 0.5) is 0 Å². The van der Waals surface area contributed by atoms with Crippen molar-refractivity contribution in [3.05, 3.63) is 58.6 Å². The summed E-state index contributed by atoms with van der Waals surface area (Å²) in [6.45, 7) is 5.08. The van der Waals surface area contributed by atoms with Crippen LogP contribution in [0.3, 0.4) is 0 Å². The second-order valence-electron chi connectivity index (χ2n) is 6.59. The smallest absolute Gasteiger partial charge is 0.219 e. The van der Waals surface area contributed by atoms with Crippen LogP contribution in [0.5, 0.6) is 5.75 Å². The molecule has 7 heteroatoms. The third-order valence-corrected chi connectivity index (χ3v) is 6.55. The highest BCUT2D eigenvalue weighted by molar-refractivity contribution is 7.89. The summed E-state index contributed by atoms with van der Waals surface area (Å²) in [6.07, 6.45) is 0. The van der Waals surface area contributed by atoms with E-state index in [1.165, 1.54) is 0 Å². The molecule has 1 unspecified atom stereocenters. The monoisotopic (exact) mass is 406 g/mol. The highest BCUT2D eigenvalue weighted by atomic mass is 35.5. The first-order valence-electron chi connectivity index (χ1n) is 8.78. The van der Waals surface area contributed by atoms with Crippen molar-refractivity contribution in [2.24, 2.45) is 0 Å². The molecule has 1 heterocycles. The average Bonchev–Trinajstić information content (AvgIpc) is 2.88. The quantitative estimate of drug-likeness (QED) is 0.725. The SMILES string of the molecule is CC(=O)N(C)[C@H](C)c1ccc2c(c1)CN([S+]([O-])c1ccc(Cl)cc1)CCO2. The molecular weight excluding hydrogens is 384 g/mol. The summed E-state index contributed by atoms with van der Waals surface area (Å²) in [5, 5.41) is 0.619. The summed E-state index contributed by atoms with van der Waals surface area (Å²) in [5.74, 6) is 0.811. The van der Waals surface area contributed by atoms with Gasteiger partial charge in [-0.2, -0.15) is 0 Å². The fourth-order valence-electron chi connectivity index (χ4n) is 2.99. The maximum atomic E-state index is 13.0. The van der Waals surface area contributed by atoms with Crippen LogP contribution in [-0.2, 0) is 22.7 Å². The van der Waals surface area contributed by atoms with E-state index in [4.69, 9.17) is 16.3 Å². The Morgan fingerprint density at radius 1 is 1.30 bits per heavy atom. The summed E-state index contributed by atoms with van der Waals surface area (Å²) in [6, 6.07) is 13.0. The number of nitrogens with zero attached hydrogens (tertiary/aromatic N) is 2. The molecule has 0 saturated carbocycles. The van der Waals surface area contributed by atoms with Gasteiger partial charge in [0.15, 0.2) is 4.90 Å². The van der Waals surface area contributed by atoms with E-state index in [-0.39, 0.29) is 11.9 Å². The minimum atomic E-state index is -1.30. The molecule has 1 aliphatic heterocycles. The maximum Gasteiger partial charge on any atom is 0.219 e. The van der Waals surface area contributed by atoms with E-state index >= 15 is 0 Å². The van der Waals surface area contributed by atoms with E-state index in [0.717, 1.165) is 16.9 Å². The van der Waals surface area contributed by atoms with Crippen molar-refractivity contribution < 1.29 is 14.1 Å². The molecule has 0 radical (unpaired) electrons. The second-order valence-corrected chi connectivity index (χ2v) is 8.51. The van der Waals surface area contributed by atoms with Crippen molar-refractivity contribution in [1.29, 1.82) is 0 Å². The van der Waals surface area contributed by atoms with Crippen LogP contribution in [0.1, 0.15) is 31.0 Å². The predicted molar refractivity (Wildman–Crippen MR) is 107 cm³/mol. The van der Waals surface area contributed by atoms with Gasteiger partial charge in [-0.3, -0.25) is 4.79 Å². The first-order chi connectivity index (χ1) is 12.9. The van der Waals surface area contributed by atoms with E-state index in [1.54, 1.807) is 43.1 Å². The first kappa shape index (κ1) is 20.0. The minimum absolute atomic E-state index is 0.0131. The molecule has 27 heavy (non-hydrogen) atoms. The molecule has 0 N–H and O–H groups in total. The average molecular weight is 407 g/mol. The van der Waals surface area contributed by atoms with Crippen LogP contribution in [0.15, 0.2) is 47.4 Å². The molecule has 5 nitrogen and oxygen atoms in total. The highest BCUT2D eigenvalue weighted by Crippen LogP contribution is 2.30. The van der Waals surface area contributed by atoms with Crippen molar-refractivity contribution in [2.75, 3.05) is 20.2 Å². The first-order valence-corrected chi connectivity index (χ1v) is 10.3. The topological polar surface area (TPSA) is 55.8 Å². The summed E-state index contributed by atoms with van der Waals surface area (Å²) >= 11 is 4.63. The number of carbonyl (C=O) groups is 1. The molecule has 1 amide bonds. The van der Waals surface area contributed by atoms with Gasteiger partial charge < -0.3 is 14.2 Å². The zero-order valence-electron chi connectivity index (χ0n) is 15.6. The van der Waals surface area contributed by atoms with Gasteiger partial charge in [0.05, 0.1) is 30.5 Å².